The van der Waals surface area contributed by atoms with E-state index in [0.717, 1.165) is 0 Å². The highest BCUT2D eigenvalue weighted by atomic mass is 19.1. The second-order valence-electron chi connectivity index (χ2n) is 6.34. The third kappa shape index (κ3) is 4.64. The Labute approximate surface area is 151 Å². The van der Waals surface area contributed by atoms with Crippen molar-refractivity contribution in [1.82, 2.24) is 9.88 Å². The van der Waals surface area contributed by atoms with Crippen molar-refractivity contribution < 1.29 is 18.8 Å². The first kappa shape index (κ1) is 19.5. The van der Waals surface area contributed by atoms with Crippen molar-refractivity contribution in [3.63, 3.8) is 0 Å². The molecule has 0 radical (unpaired) electrons. The van der Waals surface area contributed by atoms with Gasteiger partial charge in [0.25, 0.3) is 0 Å². The number of amides is 1. The molecule has 138 valence electrons. The van der Waals surface area contributed by atoms with Gasteiger partial charge in [0.2, 0.25) is 5.91 Å². The Morgan fingerprint density at radius 3 is 2.46 bits per heavy atom. The Hall–Kier alpha value is -2.80. The van der Waals surface area contributed by atoms with Crippen LogP contribution in [0.1, 0.15) is 39.0 Å². The molecule has 1 amide bonds. The smallest absolute Gasteiger partial charge is 0.238 e. The summed E-state index contributed by atoms with van der Waals surface area (Å²) in [4.78, 5) is 40.7. The second-order valence-corrected chi connectivity index (χ2v) is 6.34. The number of nitrogens with zero attached hydrogens (tertiary/aromatic N) is 1. The lowest BCUT2D eigenvalue weighted by atomic mass is 10.1. The molecule has 26 heavy (non-hydrogen) atoms. The van der Waals surface area contributed by atoms with Crippen molar-refractivity contribution in [1.29, 1.82) is 0 Å². The number of hydrogen-bond acceptors (Lipinski definition) is 4. The Morgan fingerprint density at radius 1 is 1.19 bits per heavy atom. The number of benzene rings is 1. The molecule has 7 heteroatoms. The maximum atomic E-state index is 13.1. The van der Waals surface area contributed by atoms with Gasteiger partial charge in [-0.2, -0.15) is 0 Å². The van der Waals surface area contributed by atoms with Gasteiger partial charge < -0.3 is 10.3 Å². The number of nitrogens with one attached hydrogen (secondary N) is 2. The fourth-order valence-corrected chi connectivity index (χ4v) is 2.95. The molecule has 2 N–H and O–H groups in total. The van der Waals surface area contributed by atoms with E-state index in [1.165, 1.54) is 25.1 Å². The van der Waals surface area contributed by atoms with Crippen LogP contribution in [0.4, 0.5) is 10.1 Å². The van der Waals surface area contributed by atoms with Crippen molar-refractivity contribution in [3.05, 3.63) is 52.6 Å². The predicted molar refractivity (Wildman–Crippen MR) is 97.1 cm³/mol. The van der Waals surface area contributed by atoms with Crippen molar-refractivity contribution in [2.24, 2.45) is 0 Å². The minimum absolute atomic E-state index is 0.00864. The van der Waals surface area contributed by atoms with Crippen LogP contribution < -0.4 is 5.32 Å². The molecule has 0 aliphatic rings. The van der Waals surface area contributed by atoms with Crippen molar-refractivity contribution >= 4 is 23.2 Å². The molecule has 0 atom stereocenters. The lowest BCUT2D eigenvalue weighted by Gasteiger charge is -2.15. The molecule has 2 rings (SSSR count). The summed E-state index contributed by atoms with van der Waals surface area (Å²) in [6.45, 7) is 4.91. The highest BCUT2D eigenvalue weighted by Crippen LogP contribution is 2.19. The van der Waals surface area contributed by atoms with Gasteiger partial charge in [0.1, 0.15) is 5.82 Å². The van der Waals surface area contributed by atoms with Crippen LogP contribution in [0.25, 0.3) is 0 Å². The molecular weight excluding hydrogens is 337 g/mol. The lowest BCUT2D eigenvalue weighted by Crippen LogP contribution is -2.34. The first-order valence-electron chi connectivity index (χ1n) is 8.16. The average Bonchev–Trinajstić information content (AvgIpc) is 2.81. The SMILES string of the molecule is CC(=O)c1c(C)[nH]c(C(=O)CN(C)CC(=O)Nc2cccc(F)c2)c1C. The molecule has 0 saturated carbocycles. The molecule has 6 nitrogen and oxygen atoms in total. The van der Waals surface area contributed by atoms with Crippen LogP contribution in [0.5, 0.6) is 0 Å². The van der Waals surface area contributed by atoms with E-state index in [1.807, 2.05) is 0 Å². The zero-order valence-corrected chi connectivity index (χ0v) is 15.3. The molecule has 0 spiro atoms. The van der Waals surface area contributed by atoms with Gasteiger partial charge in [-0.3, -0.25) is 19.3 Å². The Balaban J connectivity index is 1.98. The predicted octanol–water partition coefficient (Wildman–Crippen LogP) is 2.73. The Kier molecular flexibility index (Phi) is 6.05. The summed E-state index contributed by atoms with van der Waals surface area (Å²) in [6.07, 6.45) is 0. The van der Waals surface area contributed by atoms with E-state index in [0.29, 0.717) is 28.2 Å². The highest BCUT2D eigenvalue weighted by molar-refractivity contribution is 6.04. The number of aryl methyl sites for hydroxylation is 1. The topological polar surface area (TPSA) is 82.3 Å². The van der Waals surface area contributed by atoms with E-state index in [-0.39, 0.29) is 30.6 Å². The quantitative estimate of drug-likeness (QED) is 0.745. The minimum Gasteiger partial charge on any atom is -0.355 e. The van der Waals surface area contributed by atoms with E-state index in [9.17, 15) is 18.8 Å². The normalized spacial score (nSPS) is 10.8. The van der Waals surface area contributed by atoms with Crippen LogP contribution in [0.3, 0.4) is 0 Å². The number of carbonyl (C=O) groups is 3. The second kappa shape index (κ2) is 8.05. The van der Waals surface area contributed by atoms with Gasteiger partial charge in [-0.05, 0) is 51.6 Å². The van der Waals surface area contributed by atoms with Gasteiger partial charge in [0.05, 0.1) is 18.8 Å². The summed E-state index contributed by atoms with van der Waals surface area (Å²) in [7, 11) is 1.64. The third-order valence-electron chi connectivity index (χ3n) is 4.00. The van der Waals surface area contributed by atoms with Crippen LogP contribution >= 0.6 is 0 Å². The molecule has 1 heterocycles. The Morgan fingerprint density at radius 2 is 1.88 bits per heavy atom. The van der Waals surface area contributed by atoms with E-state index < -0.39 is 5.82 Å². The molecule has 1 aromatic heterocycles. The number of carbonyl (C=O) groups excluding carboxylic acids is 3. The van der Waals surface area contributed by atoms with Crippen LogP contribution in [0, 0.1) is 19.7 Å². The van der Waals surface area contributed by atoms with Gasteiger partial charge in [-0.15, -0.1) is 0 Å². The van der Waals surface area contributed by atoms with Crippen molar-refractivity contribution in [3.8, 4) is 0 Å². The number of hydrogen-bond donors (Lipinski definition) is 2. The van der Waals surface area contributed by atoms with Gasteiger partial charge in [-0.25, -0.2) is 4.39 Å². The summed E-state index contributed by atoms with van der Waals surface area (Å²) >= 11 is 0. The molecule has 0 unspecified atom stereocenters. The van der Waals surface area contributed by atoms with Gasteiger partial charge in [0.15, 0.2) is 11.6 Å². The van der Waals surface area contributed by atoms with Gasteiger partial charge >= 0.3 is 0 Å². The third-order valence-corrected chi connectivity index (χ3v) is 4.00. The number of ketones is 2. The molecule has 0 fully saturated rings. The van der Waals surface area contributed by atoms with Crippen LogP contribution in [-0.2, 0) is 4.79 Å². The monoisotopic (exact) mass is 359 g/mol. The highest BCUT2D eigenvalue weighted by Gasteiger charge is 2.21. The molecule has 0 aliphatic heterocycles. The summed E-state index contributed by atoms with van der Waals surface area (Å²) in [6, 6.07) is 5.59. The molecule has 2 aromatic rings. The van der Waals surface area contributed by atoms with Crippen molar-refractivity contribution in [2.75, 3.05) is 25.5 Å². The van der Waals surface area contributed by atoms with Crippen LogP contribution in [0.15, 0.2) is 24.3 Å². The van der Waals surface area contributed by atoms with E-state index in [1.54, 1.807) is 31.9 Å². The summed E-state index contributed by atoms with van der Waals surface area (Å²) in [5.41, 5.74) is 2.55. The van der Waals surface area contributed by atoms with E-state index >= 15 is 0 Å². The fourth-order valence-electron chi connectivity index (χ4n) is 2.95. The summed E-state index contributed by atoms with van der Waals surface area (Å²) < 4.78 is 13.1. The lowest BCUT2D eigenvalue weighted by molar-refractivity contribution is -0.116. The fraction of sp³-hybridized carbons (Fsp3) is 0.316. The number of H-pyrrole nitrogens is 1. The minimum atomic E-state index is -0.440. The van der Waals surface area contributed by atoms with Crippen LogP contribution in [-0.4, -0.2) is 47.5 Å². The Bertz CT molecular complexity index is 858. The number of aromatic nitrogens is 1. The summed E-state index contributed by atoms with van der Waals surface area (Å²) in [5, 5.41) is 2.58. The van der Waals surface area contributed by atoms with Crippen LogP contribution in [0.2, 0.25) is 0 Å². The molecule has 0 aliphatic carbocycles. The molecular formula is C19H22FN3O3. The maximum absolute atomic E-state index is 13.1. The molecule has 0 bridgehead atoms. The van der Waals surface area contributed by atoms with Crippen molar-refractivity contribution in [2.45, 2.75) is 20.8 Å². The number of likely N-dealkylation sites (N-methyl/N-ethyl adjacent to an activating group) is 1. The maximum Gasteiger partial charge on any atom is 0.238 e. The number of halogens is 1. The standard InChI is InChI=1S/C19H22FN3O3/c1-11-18(13(3)24)12(2)21-19(11)16(25)9-23(4)10-17(26)22-15-7-5-6-14(20)8-15/h5-8,21H,9-10H2,1-4H3,(H,22,26). The average molecular weight is 359 g/mol. The zero-order valence-electron chi connectivity index (χ0n) is 15.3. The number of anilines is 1. The number of aromatic amines is 1. The zero-order chi connectivity index (χ0) is 19.4. The van der Waals surface area contributed by atoms with Gasteiger partial charge in [-0.1, -0.05) is 6.07 Å². The first-order chi connectivity index (χ1) is 12.2. The summed E-state index contributed by atoms with van der Waals surface area (Å²) in [5.74, 6) is -1.10. The number of Topliss-reactive ketones (excluding diaryl/α,β-unsaturated/α-hetero) is 2. The molecule has 0 saturated heterocycles. The first-order valence-corrected chi connectivity index (χ1v) is 8.16. The van der Waals surface area contributed by atoms with E-state index in [2.05, 4.69) is 10.3 Å². The molecule has 1 aromatic carbocycles. The van der Waals surface area contributed by atoms with E-state index in [4.69, 9.17) is 0 Å². The largest absolute Gasteiger partial charge is 0.355 e. The van der Waals surface area contributed by atoms with Gasteiger partial charge in [0, 0.05) is 16.9 Å². The number of rotatable bonds is 7.